The molecule has 0 atom stereocenters. The molecule has 0 bridgehead atoms. The molecule has 0 aliphatic heterocycles. The van der Waals surface area contributed by atoms with Crippen molar-refractivity contribution < 1.29 is 19.2 Å². The van der Waals surface area contributed by atoms with Gasteiger partial charge in [0, 0.05) is 11.8 Å². The number of esters is 1. The first-order valence-electron chi connectivity index (χ1n) is 7.70. The number of carbonyl (C=O) groups is 2. The van der Waals surface area contributed by atoms with Crippen LogP contribution < -0.4 is 5.32 Å². The molecule has 2 rings (SSSR count). The van der Waals surface area contributed by atoms with Gasteiger partial charge in [0.15, 0.2) is 6.61 Å². The van der Waals surface area contributed by atoms with E-state index in [1.165, 1.54) is 23.9 Å². The van der Waals surface area contributed by atoms with Gasteiger partial charge in [0.2, 0.25) is 0 Å². The van der Waals surface area contributed by atoms with Crippen LogP contribution in [-0.4, -0.2) is 29.7 Å². The monoisotopic (exact) mass is 385 g/mol. The van der Waals surface area contributed by atoms with Crippen molar-refractivity contribution in [3.63, 3.8) is 0 Å². The van der Waals surface area contributed by atoms with Gasteiger partial charge in [-0.3, -0.25) is 14.9 Å². The average Bonchev–Trinajstić information content (AvgIpc) is 2.67. The predicted octanol–water partition coefficient (Wildman–Crippen LogP) is 3.18. The topological polar surface area (TPSA) is 122 Å². The van der Waals surface area contributed by atoms with Crippen molar-refractivity contribution in [1.29, 1.82) is 5.26 Å². The summed E-state index contributed by atoms with van der Waals surface area (Å²) in [5.41, 5.74) is 1.11. The van der Waals surface area contributed by atoms with Crippen molar-refractivity contribution >= 4 is 35.0 Å². The molecule has 0 aliphatic carbocycles. The van der Waals surface area contributed by atoms with E-state index >= 15 is 0 Å². The summed E-state index contributed by atoms with van der Waals surface area (Å²) in [6.45, 7) is -0.531. The van der Waals surface area contributed by atoms with Gasteiger partial charge >= 0.3 is 5.97 Å². The van der Waals surface area contributed by atoms with Crippen LogP contribution in [0, 0.1) is 21.4 Å². The minimum absolute atomic E-state index is 0.00634. The number of amides is 1. The van der Waals surface area contributed by atoms with Crippen molar-refractivity contribution in [2.24, 2.45) is 0 Å². The van der Waals surface area contributed by atoms with Gasteiger partial charge < -0.3 is 10.1 Å². The third-order valence-electron chi connectivity index (χ3n) is 3.47. The maximum atomic E-state index is 12.0. The van der Waals surface area contributed by atoms with Crippen molar-refractivity contribution in [3.8, 4) is 6.07 Å². The molecule has 1 N–H and O–H groups in total. The standard InChI is InChI=1S/C18H15N3O5S/c1-27-16-7-4-13(10-15(16)21(24)25)18(23)26-11-17(22)20-14-5-2-12(3-6-14)8-9-19/h2-7,10H,8,11H2,1H3,(H,20,22). The molecule has 0 saturated heterocycles. The van der Waals surface area contributed by atoms with Crippen LogP contribution in [0.4, 0.5) is 11.4 Å². The van der Waals surface area contributed by atoms with Crippen LogP contribution in [0.2, 0.25) is 0 Å². The first-order valence-corrected chi connectivity index (χ1v) is 8.92. The van der Waals surface area contributed by atoms with E-state index in [1.54, 1.807) is 30.5 Å². The molecule has 27 heavy (non-hydrogen) atoms. The lowest BCUT2D eigenvalue weighted by Crippen LogP contribution is -2.21. The van der Waals surface area contributed by atoms with Gasteiger partial charge in [-0.05, 0) is 36.1 Å². The summed E-state index contributed by atoms with van der Waals surface area (Å²) >= 11 is 1.19. The van der Waals surface area contributed by atoms with Crippen molar-refractivity contribution in [3.05, 3.63) is 63.7 Å². The molecule has 8 nitrogen and oxygen atoms in total. The zero-order valence-electron chi connectivity index (χ0n) is 14.3. The highest BCUT2D eigenvalue weighted by molar-refractivity contribution is 7.98. The maximum Gasteiger partial charge on any atom is 0.338 e. The van der Waals surface area contributed by atoms with Crippen molar-refractivity contribution in [2.75, 3.05) is 18.2 Å². The molecular weight excluding hydrogens is 370 g/mol. The Labute approximate surface area is 159 Å². The molecule has 0 unspecified atom stereocenters. The SMILES string of the molecule is CSc1ccc(C(=O)OCC(=O)Nc2ccc(CC#N)cc2)cc1[N+](=O)[O-]. The second-order valence-electron chi connectivity index (χ2n) is 5.30. The fraction of sp³-hybridized carbons (Fsp3) is 0.167. The Kier molecular flexibility index (Phi) is 6.91. The number of nitrogens with zero attached hydrogens (tertiary/aromatic N) is 2. The van der Waals surface area contributed by atoms with E-state index in [0.717, 1.165) is 11.6 Å². The van der Waals surface area contributed by atoms with Gasteiger partial charge in [-0.2, -0.15) is 5.26 Å². The molecule has 2 aromatic rings. The minimum atomic E-state index is -0.828. The smallest absolute Gasteiger partial charge is 0.338 e. The number of nitro groups is 1. The van der Waals surface area contributed by atoms with Crippen LogP contribution in [0.15, 0.2) is 47.4 Å². The normalized spacial score (nSPS) is 9.93. The molecule has 0 radical (unpaired) electrons. The first-order chi connectivity index (χ1) is 12.9. The third-order valence-corrected chi connectivity index (χ3v) is 4.25. The highest BCUT2D eigenvalue weighted by Gasteiger charge is 2.18. The van der Waals surface area contributed by atoms with Crippen LogP contribution in [0.3, 0.4) is 0 Å². The molecular formula is C18H15N3O5S. The Balaban J connectivity index is 1.94. The summed E-state index contributed by atoms with van der Waals surface area (Å²) in [6, 6.07) is 12.7. The number of hydrogen-bond donors (Lipinski definition) is 1. The number of benzene rings is 2. The zero-order chi connectivity index (χ0) is 19.8. The first kappa shape index (κ1) is 19.9. The van der Waals surface area contributed by atoms with Gasteiger partial charge in [0.1, 0.15) is 0 Å². The Hall–Kier alpha value is -3.38. The fourth-order valence-corrected chi connectivity index (χ4v) is 2.72. The Morgan fingerprint density at radius 3 is 2.56 bits per heavy atom. The molecule has 2 aromatic carbocycles. The molecule has 0 aliphatic rings. The van der Waals surface area contributed by atoms with E-state index in [-0.39, 0.29) is 17.7 Å². The van der Waals surface area contributed by atoms with Crippen LogP contribution in [0.1, 0.15) is 15.9 Å². The Morgan fingerprint density at radius 1 is 1.26 bits per heavy atom. The lowest BCUT2D eigenvalue weighted by atomic mass is 10.1. The van der Waals surface area contributed by atoms with Crippen LogP contribution in [0.5, 0.6) is 0 Å². The van der Waals surface area contributed by atoms with E-state index in [4.69, 9.17) is 10.00 Å². The van der Waals surface area contributed by atoms with E-state index < -0.39 is 23.4 Å². The van der Waals surface area contributed by atoms with Crippen LogP contribution in [-0.2, 0) is 16.0 Å². The summed E-state index contributed by atoms with van der Waals surface area (Å²) in [7, 11) is 0. The van der Waals surface area contributed by atoms with E-state index in [2.05, 4.69) is 5.32 Å². The predicted molar refractivity (Wildman–Crippen MR) is 99.5 cm³/mol. The minimum Gasteiger partial charge on any atom is -0.452 e. The number of ether oxygens (including phenoxy) is 1. The lowest BCUT2D eigenvalue weighted by Gasteiger charge is -2.08. The molecule has 0 spiro atoms. The zero-order valence-corrected chi connectivity index (χ0v) is 15.1. The Morgan fingerprint density at radius 2 is 1.96 bits per heavy atom. The number of carbonyl (C=O) groups excluding carboxylic acids is 2. The summed E-state index contributed by atoms with van der Waals surface area (Å²) < 4.78 is 4.91. The largest absolute Gasteiger partial charge is 0.452 e. The van der Waals surface area contributed by atoms with Crippen LogP contribution in [0.25, 0.3) is 0 Å². The van der Waals surface area contributed by atoms with Gasteiger partial charge in [-0.15, -0.1) is 11.8 Å². The van der Waals surface area contributed by atoms with Gasteiger partial charge in [0.25, 0.3) is 11.6 Å². The highest BCUT2D eigenvalue weighted by Crippen LogP contribution is 2.28. The van der Waals surface area contributed by atoms with E-state index in [0.29, 0.717) is 10.6 Å². The molecule has 9 heteroatoms. The van der Waals surface area contributed by atoms with Crippen molar-refractivity contribution in [2.45, 2.75) is 11.3 Å². The van der Waals surface area contributed by atoms with Gasteiger partial charge in [-0.1, -0.05) is 12.1 Å². The van der Waals surface area contributed by atoms with E-state index in [1.807, 2.05) is 6.07 Å². The summed E-state index contributed by atoms with van der Waals surface area (Å²) in [5.74, 6) is -1.38. The second-order valence-corrected chi connectivity index (χ2v) is 6.15. The number of nitriles is 1. The number of nitrogens with one attached hydrogen (secondary N) is 1. The van der Waals surface area contributed by atoms with Crippen molar-refractivity contribution in [1.82, 2.24) is 0 Å². The summed E-state index contributed by atoms with van der Waals surface area (Å²) in [6.07, 6.45) is 1.96. The molecule has 0 heterocycles. The van der Waals surface area contributed by atoms with Crippen LogP contribution >= 0.6 is 11.8 Å². The molecule has 0 aromatic heterocycles. The third kappa shape index (κ3) is 5.55. The quantitative estimate of drug-likeness (QED) is 0.336. The number of thioether (sulfide) groups is 1. The maximum absolute atomic E-state index is 12.0. The fourth-order valence-electron chi connectivity index (χ4n) is 2.17. The Bertz CT molecular complexity index is 906. The molecule has 1 amide bonds. The number of nitro benzene ring substituents is 1. The number of hydrogen-bond acceptors (Lipinski definition) is 7. The number of anilines is 1. The lowest BCUT2D eigenvalue weighted by molar-refractivity contribution is -0.387. The molecule has 138 valence electrons. The molecule has 0 saturated carbocycles. The second kappa shape index (κ2) is 9.35. The molecule has 0 fully saturated rings. The van der Waals surface area contributed by atoms with Gasteiger partial charge in [0.05, 0.1) is 27.9 Å². The highest BCUT2D eigenvalue weighted by atomic mass is 32.2. The van der Waals surface area contributed by atoms with Gasteiger partial charge in [-0.25, -0.2) is 4.79 Å². The number of rotatable bonds is 7. The summed E-state index contributed by atoms with van der Waals surface area (Å²) in [4.78, 5) is 34.8. The summed E-state index contributed by atoms with van der Waals surface area (Å²) in [5, 5.41) is 22.2. The average molecular weight is 385 g/mol. The van der Waals surface area contributed by atoms with E-state index in [9.17, 15) is 19.7 Å².